The van der Waals surface area contributed by atoms with Crippen molar-refractivity contribution in [2.24, 2.45) is 0 Å². The van der Waals surface area contributed by atoms with E-state index in [0.717, 1.165) is 22.5 Å². The number of nitrogens with zero attached hydrogens (tertiary/aromatic N) is 3. The van der Waals surface area contributed by atoms with Gasteiger partial charge in [0.1, 0.15) is 0 Å². The molecule has 0 bridgehead atoms. The van der Waals surface area contributed by atoms with E-state index in [1.165, 1.54) is 92.7 Å². The van der Waals surface area contributed by atoms with Crippen LogP contribution in [0.4, 0.5) is 0 Å². The molecule has 13 rings (SSSR count). The molecule has 0 aliphatic carbocycles. The molecular formula is C51H28BN3. The zero-order valence-corrected chi connectivity index (χ0v) is 29.6. The fourth-order valence-corrected chi connectivity index (χ4v) is 10.5. The predicted octanol–water partition coefficient (Wildman–Crippen LogP) is 10.5. The van der Waals surface area contributed by atoms with Crippen molar-refractivity contribution in [3.63, 3.8) is 0 Å². The van der Waals surface area contributed by atoms with E-state index in [9.17, 15) is 5.26 Å². The second-order valence-electron chi connectivity index (χ2n) is 15.1. The molecule has 4 heterocycles. The Morgan fingerprint density at radius 1 is 0.400 bits per heavy atom. The minimum absolute atomic E-state index is 0.00384. The molecule has 0 unspecified atom stereocenters. The summed E-state index contributed by atoms with van der Waals surface area (Å²) in [5, 5.41) is 20.6. The van der Waals surface area contributed by atoms with Gasteiger partial charge in [0.25, 0.3) is 0 Å². The molecule has 0 fully saturated rings. The van der Waals surface area contributed by atoms with Crippen LogP contribution in [0.5, 0.6) is 0 Å². The first-order valence-electron chi connectivity index (χ1n) is 19.0. The Bertz CT molecular complexity index is 3320. The molecule has 0 radical (unpaired) electrons. The van der Waals surface area contributed by atoms with Crippen LogP contribution in [0.15, 0.2) is 170 Å². The smallest absolute Gasteiger partial charge is 0.244 e. The number of fused-ring (bicyclic) bond motifs is 12. The van der Waals surface area contributed by atoms with Crippen molar-refractivity contribution in [3.8, 4) is 39.7 Å². The average molecular weight is 694 g/mol. The Morgan fingerprint density at radius 3 is 1.31 bits per heavy atom. The predicted molar refractivity (Wildman–Crippen MR) is 230 cm³/mol. The summed E-state index contributed by atoms with van der Waals surface area (Å²) in [4.78, 5) is 0. The van der Waals surface area contributed by atoms with Crippen LogP contribution in [-0.4, -0.2) is 15.8 Å². The highest BCUT2D eigenvalue weighted by molar-refractivity contribution is 7.01. The highest BCUT2D eigenvalue weighted by Gasteiger charge is 2.40. The Labute approximate surface area is 316 Å². The summed E-state index contributed by atoms with van der Waals surface area (Å²) < 4.78 is 4.88. The molecule has 11 aromatic rings. The fraction of sp³-hybridized carbons (Fsp3) is 0. The Hall–Kier alpha value is -7.35. The van der Waals surface area contributed by atoms with E-state index in [0.29, 0.717) is 5.56 Å². The van der Waals surface area contributed by atoms with Crippen LogP contribution in [0.2, 0.25) is 0 Å². The maximum atomic E-state index is 10.7. The van der Waals surface area contributed by atoms with Crippen LogP contribution in [-0.2, 0) is 0 Å². The van der Waals surface area contributed by atoms with Gasteiger partial charge in [-0.15, -0.1) is 0 Å². The fourth-order valence-electron chi connectivity index (χ4n) is 10.5. The molecule has 0 atom stereocenters. The zero-order valence-electron chi connectivity index (χ0n) is 29.6. The monoisotopic (exact) mass is 693 g/mol. The van der Waals surface area contributed by atoms with E-state index >= 15 is 0 Å². The van der Waals surface area contributed by atoms with E-state index in [1.807, 2.05) is 0 Å². The summed E-state index contributed by atoms with van der Waals surface area (Å²) in [5.41, 5.74) is 16.5. The quantitative estimate of drug-likeness (QED) is 0.166. The van der Waals surface area contributed by atoms with Crippen molar-refractivity contribution in [2.45, 2.75) is 0 Å². The first-order valence-corrected chi connectivity index (χ1v) is 19.0. The van der Waals surface area contributed by atoms with Crippen molar-refractivity contribution in [1.29, 1.82) is 5.26 Å². The van der Waals surface area contributed by atoms with E-state index in [2.05, 4.69) is 185 Å². The lowest BCUT2D eigenvalue weighted by Gasteiger charge is -2.34. The number of nitriles is 1. The average Bonchev–Trinajstić information content (AvgIpc) is 3.77. The highest BCUT2D eigenvalue weighted by Crippen LogP contribution is 2.47. The van der Waals surface area contributed by atoms with Crippen LogP contribution in [0, 0.1) is 11.3 Å². The van der Waals surface area contributed by atoms with Crippen LogP contribution in [0.1, 0.15) is 5.56 Å². The van der Waals surface area contributed by atoms with Crippen LogP contribution < -0.4 is 16.4 Å². The summed E-state index contributed by atoms with van der Waals surface area (Å²) in [5.74, 6) is 0. The third kappa shape index (κ3) is 3.60. The number of benzene rings is 9. The van der Waals surface area contributed by atoms with Gasteiger partial charge in [0.2, 0.25) is 6.71 Å². The lowest BCUT2D eigenvalue weighted by atomic mass is 9.31. The Kier molecular flexibility index (Phi) is 5.52. The van der Waals surface area contributed by atoms with Gasteiger partial charge < -0.3 is 9.13 Å². The molecule has 0 saturated heterocycles. The van der Waals surface area contributed by atoms with Crippen molar-refractivity contribution < 1.29 is 0 Å². The third-order valence-corrected chi connectivity index (χ3v) is 12.5. The largest absolute Gasteiger partial charge is 0.309 e. The van der Waals surface area contributed by atoms with Gasteiger partial charge in [0.15, 0.2) is 0 Å². The Morgan fingerprint density at radius 2 is 0.836 bits per heavy atom. The number of hydrogen-bond donors (Lipinski definition) is 0. The molecule has 9 aromatic carbocycles. The molecule has 250 valence electrons. The van der Waals surface area contributed by atoms with Gasteiger partial charge in [-0.25, -0.2) is 0 Å². The summed E-state index contributed by atoms with van der Waals surface area (Å²) in [6.07, 6.45) is 0. The second-order valence-corrected chi connectivity index (χ2v) is 15.1. The molecule has 0 N–H and O–H groups in total. The van der Waals surface area contributed by atoms with E-state index < -0.39 is 0 Å². The molecule has 0 amide bonds. The lowest BCUT2D eigenvalue weighted by molar-refractivity contribution is 1.19. The maximum absolute atomic E-state index is 10.7. The SMILES string of the molecule is N#Cc1cc2c3c(c1)-c1cc4c5ccccc5n(-c5ccccc5)c4c4cccc(c14)B3c1cccc3c1c-2cc1c2ccccc2n(-c2ccccc2)c31. The topological polar surface area (TPSA) is 33.6 Å². The van der Waals surface area contributed by atoms with Crippen LogP contribution in [0.3, 0.4) is 0 Å². The molecule has 2 aromatic heterocycles. The summed E-state index contributed by atoms with van der Waals surface area (Å²) in [6.45, 7) is 0.00384. The van der Waals surface area contributed by atoms with Crippen molar-refractivity contribution >= 4 is 88.3 Å². The summed E-state index contributed by atoms with van der Waals surface area (Å²) >= 11 is 0. The molecule has 2 aliphatic rings. The first kappa shape index (κ1) is 29.1. The summed E-state index contributed by atoms with van der Waals surface area (Å²) in [6, 6.07) is 64.6. The van der Waals surface area contributed by atoms with Gasteiger partial charge in [0.05, 0.1) is 33.7 Å². The second kappa shape index (κ2) is 10.4. The number of para-hydroxylation sites is 4. The Balaban J connectivity index is 1.22. The van der Waals surface area contributed by atoms with Crippen molar-refractivity contribution in [2.75, 3.05) is 0 Å². The third-order valence-electron chi connectivity index (χ3n) is 12.5. The normalized spacial score (nSPS) is 12.7. The standard InChI is InChI=1S/C51H28BN3/c53-29-30-25-39-37-27-41-33-17-7-9-23-45(33)54(31-13-3-1-4-14-31)50(41)35-19-11-21-43(47(35)37)52-44-22-12-20-36-48(44)38(40(26-30)49(39)52)28-42-34-18-8-10-24-46(34)55(51(36)42)32-15-5-2-6-16-32/h1-28H. The number of aromatic nitrogens is 2. The van der Waals surface area contributed by atoms with E-state index in [4.69, 9.17) is 0 Å². The lowest BCUT2D eigenvalue weighted by Crippen LogP contribution is -2.57. The molecule has 2 aliphatic heterocycles. The zero-order chi connectivity index (χ0) is 35.9. The molecule has 55 heavy (non-hydrogen) atoms. The minimum Gasteiger partial charge on any atom is -0.309 e. The van der Waals surface area contributed by atoms with Gasteiger partial charge in [-0.1, -0.05) is 126 Å². The van der Waals surface area contributed by atoms with Gasteiger partial charge in [-0.05, 0) is 93.7 Å². The van der Waals surface area contributed by atoms with Gasteiger partial charge in [-0.2, -0.15) is 5.26 Å². The number of hydrogen-bond acceptors (Lipinski definition) is 1. The maximum Gasteiger partial charge on any atom is 0.244 e. The molecule has 3 nitrogen and oxygen atoms in total. The number of rotatable bonds is 2. The molecule has 0 spiro atoms. The van der Waals surface area contributed by atoms with Crippen molar-refractivity contribution in [1.82, 2.24) is 9.13 Å². The highest BCUT2D eigenvalue weighted by atomic mass is 15.0. The molecular weight excluding hydrogens is 665 g/mol. The van der Waals surface area contributed by atoms with Gasteiger partial charge in [0, 0.05) is 43.7 Å². The van der Waals surface area contributed by atoms with Crippen LogP contribution in [0.25, 0.3) is 98.8 Å². The van der Waals surface area contributed by atoms with Crippen molar-refractivity contribution in [3.05, 3.63) is 175 Å². The molecule has 4 heteroatoms. The van der Waals surface area contributed by atoms with Gasteiger partial charge >= 0.3 is 0 Å². The van der Waals surface area contributed by atoms with Crippen LogP contribution >= 0.6 is 0 Å². The van der Waals surface area contributed by atoms with E-state index in [1.54, 1.807) is 0 Å². The first-order chi connectivity index (χ1) is 27.3. The minimum atomic E-state index is 0.00384. The molecule has 0 saturated carbocycles. The van der Waals surface area contributed by atoms with Gasteiger partial charge in [-0.3, -0.25) is 0 Å². The van der Waals surface area contributed by atoms with E-state index in [-0.39, 0.29) is 6.71 Å². The summed E-state index contributed by atoms with van der Waals surface area (Å²) in [7, 11) is 0.